The molecule has 110 heavy (non-hydrogen) atoms. The SMILES string of the molecule is Cc1ccc2c(c1)c1c(n2CC(C(=O)OC(C)(C)C)c2ccncc2)CCN(C)C1.Cc1ccc2c(c1)c1c(n2CC(O)(CN(C)C)c2ccncc2)CCN(C)C1.Cc1ccc2c(c1)c1c(n2CC(O)(CN)c2cccnc2)CCN(C)C1.Cc1ccc2c(c1)c1c(n2CC(O)(CN)c2ccncc2)CCN(C)C1. The van der Waals surface area contributed by atoms with Crippen LogP contribution in [0.25, 0.3) is 43.6 Å². The molecule has 4 aliphatic rings. The fraction of sp³-hybridized carbons (Fsp3) is 0.411. The van der Waals surface area contributed by atoms with Crippen LogP contribution >= 0.6 is 0 Å². The first-order chi connectivity index (χ1) is 52.6. The third kappa shape index (κ3) is 17.0. The van der Waals surface area contributed by atoms with Crippen molar-refractivity contribution in [3.05, 3.63) is 260 Å². The number of hydrogen-bond donors (Lipinski definition) is 5. The second kappa shape index (κ2) is 33.0. The minimum Gasteiger partial charge on any atom is -0.459 e. The maximum Gasteiger partial charge on any atom is 0.315 e. The summed E-state index contributed by atoms with van der Waals surface area (Å²) in [5.74, 6) is -0.572. The quantitative estimate of drug-likeness (QED) is 0.0534. The van der Waals surface area contributed by atoms with Crippen LogP contribution in [0.5, 0.6) is 0 Å². The van der Waals surface area contributed by atoms with Gasteiger partial charge in [-0.25, -0.2) is 0 Å². The van der Waals surface area contributed by atoms with Gasteiger partial charge in [0.05, 0.1) is 25.6 Å². The fourth-order valence-corrected chi connectivity index (χ4v) is 17.1. The summed E-state index contributed by atoms with van der Waals surface area (Å²) in [4.78, 5) is 41.2. The van der Waals surface area contributed by atoms with Gasteiger partial charge >= 0.3 is 5.97 Å². The number of esters is 1. The van der Waals surface area contributed by atoms with Crippen molar-refractivity contribution >= 4 is 49.6 Å². The highest BCUT2D eigenvalue weighted by molar-refractivity contribution is 5.90. The standard InChI is InChI=1S/C25H31N3O2.C23H30N4O.2C21H26N4O/c1-17-6-7-22-19(14-17)21-15-27(5)13-10-23(21)28(22)16-20(18-8-11-26-12-9-18)24(29)30-25(2,3)4;1-17-5-6-21-19(13-17)20-14-26(4)12-9-22(20)27(21)16-23(28,15-25(2)3)18-7-10-24-11-8-18;1-15-3-4-19-17(11-15)18-12-24(2)10-7-20(18)25(19)14-21(26,13-22)16-5-8-23-9-6-16;1-15-5-6-19-17(10-15)18-12-24(2)9-7-20(18)25(19)14-21(26,13-22)16-4-3-8-23-11-16/h6-9,11-12,14,20H,10,13,15-16H2,1-5H3;5-8,10-11,13,28H,9,12,14-16H2,1-4H3;3-6,8-9,11,26H,7,10,12-14,22H2,1-2H3;3-6,8,10-11,26H,7,9,12-14,22H2,1-2H3. The van der Waals surface area contributed by atoms with E-state index in [-0.39, 0.29) is 25.0 Å². The molecule has 0 saturated carbocycles. The van der Waals surface area contributed by atoms with Crippen LogP contribution < -0.4 is 11.5 Å². The van der Waals surface area contributed by atoms with Crippen LogP contribution in [0, 0.1) is 27.7 Å². The molecule has 0 saturated heterocycles. The van der Waals surface area contributed by atoms with E-state index in [9.17, 15) is 20.1 Å². The zero-order valence-electron chi connectivity index (χ0n) is 66.8. The topological polar surface area (TPSA) is 227 Å². The van der Waals surface area contributed by atoms with Crippen LogP contribution in [0.1, 0.15) is 116 Å². The number of aryl methyl sites for hydroxylation is 4. The number of pyridine rings is 4. The number of ether oxygens (including phenoxy) is 1. The molecule has 4 aliphatic heterocycles. The molecule has 7 N–H and O–H groups in total. The molecule has 8 aromatic heterocycles. The van der Waals surface area contributed by atoms with E-state index >= 15 is 0 Å². The van der Waals surface area contributed by atoms with E-state index in [1.807, 2.05) is 83.4 Å². The highest BCUT2D eigenvalue weighted by Crippen LogP contribution is 2.40. The number of nitrogens with zero attached hydrogens (tertiary/aromatic N) is 13. The second-order valence-electron chi connectivity index (χ2n) is 32.9. The van der Waals surface area contributed by atoms with Crippen molar-refractivity contribution in [1.29, 1.82) is 0 Å². The summed E-state index contributed by atoms with van der Waals surface area (Å²) in [5, 5.41) is 39.7. The lowest BCUT2D eigenvalue weighted by atomic mass is 9.93. The van der Waals surface area contributed by atoms with Crippen molar-refractivity contribution in [3.63, 3.8) is 0 Å². The summed E-state index contributed by atoms with van der Waals surface area (Å²) in [6, 6.07) is 41.6. The number of fused-ring (bicyclic) bond motifs is 12. The molecule has 0 fully saturated rings. The van der Waals surface area contributed by atoms with Crippen LogP contribution in [0.4, 0.5) is 0 Å². The van der Waals surface area contributed by atoms with Gasteiger partial charge in [-0.2, -0.15) is 0 Å². The number of benzene rings is 4. The smallest absolute Gasteiger partial charge is 0.315 e. The maximum atomic E-state index is 13.2. The Bertz CT molecular complexity index is 5050. The number of carbonyl (C=O) groups is 1. The largest absolute Gasteiger partial charge is 0.459 e. The predicted octanol–water partition coefficient (Wildman–Crippen LogP) is 11.6. The molecule has 0 amide bonds. The Kier molecular flexibility index (Phi) is 23.6. The molecule has 578 valence electrons. The zero-order chi connectivity index (χ0) is 78.0. The minimum absolute atomic E-state index is 0.152. The molecular weight excluding hydrogens is 1370 g/mol. The Morgan fingerprint density at radius 2 is 0.791 bits per heavy atom. The second-order valence-corrected chi connectivity index (χ2v) is 32.9. The molecule has 20 nitrogen and oxygen atoms in total. The van der Waals surface area contributed by atoms with E-state index in [1.165, 1.54) is 111 Å². The van der Waals surface area contributed by atoms with Gasteiger partial charge in [0.1, 0.15) is 22.4 Å². The molecule has 0 spiro atoms. The predicted molar refractivity (Wildman–Crippen MR) is 441 cm³/mol. The summed E-state index contributed by atoms with van der Waals surface area (Å²) in [6.45, 7) is 25.1. The Labute approximate surface area is 648 Å². The van der Waals surface area contributed by atoms with Gasteiger partial charge in [0.25, 0.3) is 0 Å². The van der Waals surface area contributed by atoms with Crippen LogP contribution in [0.3, 0.4) is 0 Å². The highest BCUT2D eigenvalue weighted by Gasteiger charge is 2.38. The summed E-state index contributed by atoms with van der Waals surface area (Å²) >= 11 is 0. The molecule has 0 aliphatic carbocycles. The lowest BCUT2D eigenvalue weighted by molar-refractivity contribution is -0.157. The third-order valence-corrected chi connectivity index (χ3v) is 22.7. The maximum absolute atomic E-state index is 13.2. The highest BCUT2D eigenvalue weighted by atomic mass is 16.6. The van der Waals surface area contributed by atoms with Crippen molar-refractivity contribution in [2.45, 2.75) is 155 Å². The van der Waals surface area contributed by atoms with E-state index in [0.29, 0.717) is 32.7 Å². The van der Waals surface area contributed by atoms with Gasteiger partial charge in [0.15, 0.2) is 0 Å². The van der Waals surface area contributed by atoms with Crippen LogP contribution in [0.15, 0.2) is 171 Å². The average Bonchev–Trinajstić information content (AvgIpc) is 1.60. The molecule has 0 radical (unpaired) electrons. The fourth-order valence-electron chi connectivity index (χ4n) is 17.1. The summed E-state index contributed by atoms with van der Waals surface area (Å²) in [5.41, 5.74) is 32.4. The van der Waals surface area contributed by atoms with E-state index in [0.717, 1.165) is 100 Å². The van der Waals surface area contributed by atoms with Crippen molar-refractivity contribution < 1.29 is 24.9 Å². The lowest BCUT2D eigenvalue weighted by Gasteiger charge is -2.33. The molecular formula is C90H113N15O5. The van der Waals surface area contributed by atoms with Crippen molar-refractivity contribution in [1.82, 2.24) is 62.7 Å². The lowest BCUT2D eigenvalue weighted by Crippen LogP contribution is -2.42. The Morgan fingerprint density at radius 1 is 0.455 bits per heavy atom. The van der Waals surface area contributed by atoms with Gasteiger partial charge in [-0.05, 0) is 221 Å². The molecule has 4 atom stereocenters. The summed E-state index contributed by atoms with van der Waals surface area (Å²) < 4.78 is 15.1. The molecule has 20 heteroatoms. The van der Waals surface area contributed by atoms with Gasteiger partial charge < -0.3 is 74.3 Å². The Balaban J connectivity index is 0.000000129. The summed E-state index contributed by atoms with van der Waals surface area (Å²) in [6.07, 6.45) is 17.8. The van der Waals surface area contributed by atoms with Gasteiger partial charge in [-0.3, -0.25) is 24.7 Å². The van der Waals surface area contributed by atoms with Gasteiger partial charge in [-0.15, -0.1) is 0 Å². The van der Waals surface area contributed by atoms with E-state index in [1.54, 1.807) is 49.6 Å². The first-order valence-corrected chi connectivity index (χ1v) is 38.9. The number of likely N-dealkylation sites (N-methyl/N-ethyl adjacent to an activating group) is 5. The normalized spacial score (nSPS) is 16.8. The molecule has 0 bridgehead atoms. The van der Waals surface area contributed by atoms with Crippen molar-refractivity contribution in [2.24, 2.45) is 11.5 Å². The van der Waals surface area contributed by atoms with E-state index in [4.69, 9.17) is 16.2 Å². The number of aliphatic hydroxyl groups is 3. The molecule has 12 aromatic rings. The first kappa shape index (κ1) is 78.8. The number of hydrogen-bond acceptors (Lipinski definition) is 16. The third-order valence-electron chi connectivity index (χ3n) is 22.7. The van der Waals surface area contributed by atoms with Crippen molar-refractivity contribution in [2.75, 3.05) is 88.1 Å². The van der Waals surface area contributed by atoms with Crippen LogP contribution in [-0.2, 0) is 104 Å². The van der Waals surface area contributed by atoms with Gasteiger partial charge in [-0.1, -0.05) is 52.6 Å². The Hall–Kier alpha value is -9.29. The number of carbonyl (C=O) groups excluding carboxylic acids is 1. The van der Waals surface area contributed by atoms with Crippen LogP contribution in [0.2, 0.25) is 0 Å². The monoisotopic (exact) mass is 1480 g/mol. The molecule has 12 heterocycles. The first-order valence-electron chi connectivity index (χ1n) is 38.9. The Morgan fingerprint density at radius 3 is 1.14 bits per heavy atom. The minimum atomic E-state index is -1.14. The number of nitrogens with two attached hydrogens (primary N) is 2. The van der Waals surface area contributed by atoms with Gasteiger partial charge in [0, 0.05) is 226 Å². The summed E-state index contributed by atoms with van der Waals surface area (Å²) in [7, 11) is 12.7. The molecule has 4 aromatic carbocycles. The average molecular weight is 1480 g/mol. The number of rotatable bonds is 17. The van der Waals surface area contributed by atoms with E-state index in [2.05, 4.69) is 191 Å². The molecule has 4 unspecified atom stereocenters. The van der Waals surface area contributed by atoms with E-state index < -0.39 is 22.4 Å². The van der Waals surface area contributed by atoms with Gasteiger partial charge in [0.2, 0.25) is 0 Å². The number of aromatic nitrogens is 8. The zero-order valence-corrected chi connectivity index (χ0v) is 66.8. The van der Waals surface area contributed by atoms with Crippen LogP contribution in [-0.4, -0.2) is 178 Å². The van der Waals surface area contributed by atoms with Crippen molar-refractivity contribution in [3.8, 4) is 0 Å². The molecule has 16 rings (SSSR count).